The first-order chi connectivity index (χ1) is 15.9. The smallest absolute Gasteiger partial charge is 0.270 e. The van der Waals surface area contributed by atoms with E-state index < -0.39 is 23.4 Å². The van der Waals surface area contributed by atoms with Crippen molar-refractivity contribution in [2.45, 2.75) is 52.1 Å². The summed E-state index contributed by atoms with van der Waals surface area (Å²) in [6.07, 6.45) is 0.813. The van der Waals surface area contributed by atoms with Crippen molar-refractivity contribution < 1.29 is 23.9 Å². The van der Waals surface area contributed by atoms with Gasteiger partial charge in [-0.15, -0.1) is 0 Å². The second-order valence-electron chi connectivity index (χ2n) is 8.74. The van der Waals surface area contributed by atoms with E-state index in [0.29, 0.717) is 24.3 Å². The Kier molecular flexibility index (Phi) is 8.86. The average molecular weight is 492 g/mol. The van der Waals surface area contributed by atoms with Gasteiger partial charge >= 0.3 is 0 Å². The van der Waals surface area contributed by atoms with E-state index in [9.17, 15) is 14.4 Å². The molecule has 10 nitrogen and oxygen atoms in total. The summed E-state index contributed by atoms with van der Waals surface area (Å²) in [7, 11) is 3.10. The number of hydrogen-bond donors (Lipinski definition) is 3. The third kappa shape index (κ3) is 6.37. The zero-order valence-corrected chi connectivity index (χ0v) is 21.2. The molecule has 186 valence electrons. The average Bonchev–Trinajstić information content (AvgIpc) is 3.16. The lowest BCUT2D eigenvalue weighted by atomic mass is 10.0. The highest BCUT2D eigenvalue weighted by molar-refractivity contribution is 7.09. The number of ether oxygens (including phenoxy) is 2. The first-order valence-electron chi connectivity index (χ1n) is 10.8. The van der Waals surface area contributed by atoms with Crippen LogP contribution in [0.2, 0.25) is 0 Å². The molecule has 0 bridgehead atoms. The molecule has 0 saturated heterocycles. The fraction of sp³-hybridized carbons (Fsp3) is 0.478. The van der Waals surface area contributed by atoms with Crippen molar-refractivity contribution in [1.29, 1.82) is 0 Å². The van der Waals surface area contributed by atoms with Gasteiger partial charge in [0.25, 0.3) is 11.8 Å². The number of nitrogens with one attached hydrogen (secondary N) is 1. The van der Waals surface area contributed by atoms with E-state index in [1.54, 1.807) is 20.3 Å². The summed E-state index contributed by atoms with van der Waals surface area (Å²) < 4.78 is 14.6. The number of benzene rings is 1. The molecule has 11 heteroatoms. The molecule has 1 atom stereocenters. The van der Waals surface area contributed by atoms with Gasteiger partial charge in [-0.05, 0) is 62.8 Å². The van der Waals surface area contributed by atoms with E-state index in [-0.39, 0.29) is 28.7 Å². The standard InChI is InChI=1S/C23H33N5O5S/c1-7-14(21(30)26-23(2,3)4)28(22(31)19-17(24)18(20(25)29)27-34-19)11-10-13-8-9-15(32-5)16(12-13)33-6/h8-9,12,14H,7,10-11,24H2,1-6H3,(H2,25,29)(H,26,30)/t14-/m1/s1. The lowest BCUT2D eigenvalue weighted by Crippen LogP contribution is -2.54. The number of carbonyl (C=O) groups excluding carboxylic acids is 3. The number of methoxy groups -OCH3 is 2. The van der Waals surface area contributed by atoms with E-state index in [4.69, 9.17) is 20.9 Å². The molecule has 1 aromatic heterocycles. The van der Waals surface area contributed by atoms with Crippen molar-refractivity contribution in [2.24, 2.45) is 5.73 Å². The van der Waals surface area contributed by atoms with E-state index >= 15 is 0 Å². The van der Waals surface area contributed by atoms with Gasteiger partial charge in [0, 0.05) is 12.1 Å². The highest BCUT2D eigenvalue weighted by atomic mass is 32.1. The van der Waals surface area contributed by atoms with Crippen molar-refractivity contribution in [1.82, 2.24) is 14.6 Å². The minimum atomic E-state index is -0.817. The largest absolute Gasteiger partial charge is 0.493 e. The Morgan fingerprint density at radius 2 is 1.82 bits per heavy atom. The normalized spacial score (nSPS) is 12.1. The molecule has 2 rings (SSSR count). The molecule has 34 heavy (non-hydrogen) atoms. The van der Waals surface area contributed by atoms with Gasteiger partial charge in [0.2, 0.25) is 5.91 Å². The summed E-state index contributed by atoms with van der Waals surface area (Å²) in [5, 5.41) is 2.94. The van der Waals surface area contributed by atoms with Crippen LogP contribution >= 0.6 is 11.5 Å². The second-order valence-corrected chi connectivity index (χ2v) is 9.51. The summed E-state index contributed by atoms with van der Waals surface area (Å²) in [6, 6.07) is 4.71. The van der Waals surface area contributed by atoms with Gasteiger partial charge in [0.15, 0.2) is 17.2 Å². The number of anilines is 1. The molecule has 0 aliphatic rings. The van der Waals surface area contributed by atoms with Crippen LogP contribution in [0.25, 0.3) is 0 Å². The van der Waals surface area contributed by atoms with Crippen molar-refractivity contribution in [3.8, 4) is 11.5 Å². The van der Waals surface area contributed by atoms with Crippen LogP contribution < -0.4 is 26.3 Å². The minimum Gasteiger partial charge on any atom is -0.493 e. The van der Waals surface area contributed by atoms with E-state index in [0.717, 1.165) is 17.1 Å². The highest BCUT2D eigenvalue weighted by Gasteiger charge is 2.33. The maximum atomic E-state index is 13.6. The van der Waals surface area contributed by atoms with Gasteiger partial charge < -0.3 is 31.2 Å². The van der Waals surface area contributed by atoms with Gasteiger partial charge in [-0.25, -0.2) is 0 Å². The number of aromatic nitrogens is 1. The van der Waals surface area contributed by atoms with Gasteiger partial charge in [-0.3, -0.25) is 14.4 Å². The molecular weight excluding hydrogens is 458 g/mol. The van der Waals surface area contributed by atoms with Crippen LogP contribution in [0.4, 0.5) is 5.69 Å². The molecule has 0 spiro atoms. The van der Waals surface area contributed by atoms with Crippen LogP contribution in [0.5, 0.6) is 11.5 Å². The van der Waals surface area contributed by atoms with Crippen molar-refractivity contribution >= 4 is 34.9 Å². The topological polar surface area (TPSA) is 150 Å². The number of amides is 3. The number of rotatable bonds is 10. The van der Waals surface area contributed by atoms with Crippen molar-refractivity contribution in [3.05, 3.63) is 34.3 Å². The fourth-order valence-electron chi connectivity index (χ4n) is 3.44. The molecule has 5 N–H and O–H groups in total. The Morgan fingerprint density at radius 3 is 2.32 bits per heavy atom. The third-order valence-electron chi connectivity index (χ3n) is 5.07. The Labute approximate surface area is 203 Å². The van der Waals surface area contributed by atoms with E-state index in [1.807, 2.05) is 39.8 Å². The Balaban J connectivity index is 2.41. The zero-order valence-electron chi connectivity index (χ0n) is 20.4. The zero-order chi connectivity index (χ0) is 25.6. The second kappa shape index (κ2) is 11.2. The minimum absolute atomic E-state index is 0.0723. The lowest BCUT2D eigenvalue weighted by molar-refractivity contribution is -0.127. The molecule has 0 fully saturated rings. The summed E-state index contributed by atoms with van der Waals surface area (Å²) >= 11 is 0.791. The van der Waals surface area contributed by atoms with Crippen molar-refractivity contribution in [3.63, 3.8) is 0 Å². The number of nitrogens with two attached hydrogens (primary N) is 2. The molecule has 0 unspecified atom stereocenters. The molecule has 2 aromatic rings. The summed E-state index contributed by atoms with van der Waals surface area (Å²) in [5.41, 5.74) is 11.5. The quantitative estimate of drug-likeness (QED) is 0.461. The maximum absolute atomic E-state index is 13.6. The highest BCUT2D eigenvalue weighted by Crippen LogP contribution is 2.29. The van der Waals surface area contributed by atoms with Crippen LogP contribution in [-0.2, 0) is 11.2 Å². The van der Waals surface area contributed by atoms with Gasteiger partial charge in [0.05, 0.1) is 19.9 Å². The third-order valence-corrected chi connectivity index (χ3v) is 5.92. The maximum Gasteiger partial charge on any atom is 0.270 e. The fourth-order valence-corrected chi connectivity index (χ4v) is 4.21. The molecule has 0 aliphatic heterocycles. The Hall–Kier alpha value is -3.34. The number of carbonyl (C=O) groups is 3. The van der Waals surface area contributed by atoms with E-state index in [2.05, 4.69) is 9.69 Å². The van der Waals surface area contributed by atoms with Gasteiger partial charge in [-0.1, -0.05) is 13.0 Å². The van der Waals surface area contributed by atoms with Crippen LogP contribution in [0, 0.1) is 0 Å². The molecule has 3 amide bonds. The van der Waals surface area contributed by atoms with E-state index in [1.165, 1.54) is 4.90 Å². The number of primary amides is 1. The number of nitrogen functional groups attached to an aromatic ring is 1. The Morgan fingerprint density at radius 1 is 1.18 bits per heavy atom. The van der Waals surface area contributed by atoms with Gasteiger partial charge in [-0.2, -0.15) is 4.37 Å². The van der Waals surface area contributed by atoms with Crippen LogP contribution in [0.1, 0.15) is 59.8 Å². The molecule has 0 saturated carbocycles. The monoisotopic (exact) mass is 491 g/mol. The number of hydrogen-bond acceptors (Lipinski definition) is 8. The van der Waals surface area contributed by atoms with Crippen molar-refractivity contribution in [2.75, 3.05) is 26.5 Å². The van der Waals surface area contributed by atoms with Crippen LogP contribution in [0.3, 0.4) is 0 Å². The molecule has 0 aliphatic carbocycles. The van der Waals surface area contributed by atoms with Gasteiger partial charge in [0.1, 0.15) is 10.9 Å². The first-order valence-corrected chi connectivity index (χ1v) is 11.6. The molecule has 1 aromatic carbocycles. The van der Waals surface area contributed by atoms with Crippen LogP contribution in [0.15, 0.2) is 18.2 Å². The molecule has 0 radical (unpaired) electrons. The summed E-state index contributed by atoms with van der Waals surface area (Å²) in [6.45, 7) is 7.65. The SMILES string of the molecule is CC[C@H](C(=O)NC(C)(C)C)N(CCc1ccc(OC)c(OC)c1)C(=O)c1snc(C(N)=O)c1N. The van der Waals surface area contributed by atoms with Crippen LogP contribution in [-0.4, -0.2) is 59.3 Å². The predicted molar refractivity (Wildman–Crippen MR) is 131 cm³/mol. The Bertz CT molecular complexity index is 1050. The molecular formula is C23H33N5O5S. The summed E-state index contributed by atoms with van der Waals surface area (Å²) in [5.74, 6) is -0.435. The summed E-state index contributed by atoms with van der Waals surface area (Å²) in [4.78, 5) is 39.8. The predicted octanol–water partition coefficient (Wildman–Crippen LogP) is 2.22. The first kappa shape index (κ1) is 26.9. The number of nitrogens with zero attached hydrogens (tertiary/aromatic N) is 2. The molecule has 1 heterocycles. The lowest BCUT2D eigenvalue weighted by Gasteiger charge is -2.32.